The van der Waals surface area contributed by atoms with Gasteiger partial charge < -0.3 is 10.1 Å². The Labute approximate surface area is 152 Å². The van der Waals surface area contributed by atoms with Crippen LogP contribution in [0, 0.1) is 0 Å². The number of nitrogens with zero attached hydrogens (tertiary/aromatic N) is 2. The monoisotopic (exact) mass is 406 g/mol. The standard InChI is InChI=1S/C13H12Cl2N4O5S/c1-24-9-3-2-7(4-10(9)25(16,22)23)18-11(20)6-19-13(21)12(15)8(14)5-17-19/h2-5H,6H2,1H3,(H,18,20)(H2,16,22,23). The summed E-state index contributed by atoms with van der Waals surface area (Å²) in [6.07, 6.45) is 1.13. The smallest absolute Gasteiger partial charge is 0.287 e. The summed E-state index contributed by atoms with van der Waals surface area (Å²) in [5.41, 5.74) is -0.591. The Morgan fingerprint density at radius 2 is 2.08 bits per heavy atom. The number of hydrogen-bond acceptors (Lipinski definition) is 6. The summed E-state index contributed by atoms with van der Waals surface area (Å²) in [6, 6.07) is 3.88. The largest absolute Gasteiger partial charge is 0.495 e. The first-order valence-corrected chi connectivity index (χ1v) is 8.85. The maximum atomic E-state index is 12.0. The molecular weight excluding hydrogens is 395 g/mol. The highest BCUT2D eigenvalue weighted by atomic mass is 35.5. The third-order valence-electron chi connectivity index (χ3n) is 2.99. The molecule has 1 amide bonds. The second kappa shape index (κ2) is 7.40. The number of carbonyl (C=O) groups is 1. The van der Waals surface area contributed by atoms with Crippen LogP contribution in [0.15, 0.2) is 34.1 Å². The lowest BCUT2D eigenvalue weighted by atomic mass is 10.3. The minimum absolute atomic E-state index is 0.0304. The summed E-state index contributed by atoms with van der Waals surface area (Å²) in [6.45, 7) is -0.452. The van der Waals surface area contributed by atoms with Gasteiger partial charge in [0.1, 0.15) is 22.2 Å². The van der Waals surface area contributed by atoms with Crippen LogP contribution in [0.1, 0.15) is 0 Å². The maximum Gasteiger partial charge on any atom is 0.287 e. The van der Waals surface area contributed by atoms with E-state index in [4.69, 9.17) is 33.1 Å². The molecule has 1 heterocycles. The van der Waals surface area contributed by atoms with E-state index in [1.807, 2.05) is 0 Å². The van der Waals surface area contributed by atoms with Crippen molar-refractivity contribution in [3.05, 3.63) is 44.8 Å². The summed E-state index contributed by atoms with van der Waals surface area (Å²) >= 11 is 11.4. The normalized spacial score (nSPS) is 11.2. The van der Waals surface area contributed by atoms with Crippen LogP contribution < -0.4 is 20.8 Å². The lowest BCUT2D eigenvalue weighted by Crippen LogP contribution is -2.29. The molecule has 0 bridgehead atoms. The number of benzene rings is 1. The van der Waals surface area contributed by atoms with Crippen molar-refractivity contribution in [1.82, 2.24) is 9.78 Å². The molecule has 25 heavy (non-hydrogen) atoms. The van der Waals surface area contributed by atoms with Gasteiger partial charge in [-0.2, -0.15) is 5.10 Å². The molecule has 1 aromatic carbocycles. The first kappa shape index (κ1) is 19.2. The van der Waals surface area contributed by atoms with Crippen LogP contribution in [0.25, 0.3) is 0 Å². The number of halogens is 2. The molecule has 2 aromatic rings. The van der Waals surface area contributed by atoms with Crippen molar-refractivity contribution in [3.63, 3.8) is 0 Å². The van der Waals surface area contributed by atoms with Crippen molar-refractivity contribution in [2.75, 3.05) is 12.4 Å². The number of anilines is 1. The number of rotatable bonds is 5. The van der Waals surface area contributed by atoms with Crippen LogP contribution in [0.2, 0.25) is 10.0 Å². The Morgan fingerprint density at radius 1 is 1.40 bits per heavy atom. The Balaban J connectivity index is 2.24. The summed E-state index contributed by atoms with van der Waals surface area (Å²) in [7, 11) is -2.77. The second-order valence-electron chi connectivity index (χ2n) is 4.73. The molecule has 0 aliphatic rings. The number of primary sulfonamides is 1. The molecule has 0 atom stereocenters. The zero-order valence-electron chi connectivity index (χ0n) is 12.7. The third kappa shape index (κ3) is 4.48. The van der Waals surface area contributed by atoms with Crippen LogP contribution in [0.4, 0.5) is 5.69 Å². The highest BCUT2D eigenvalue weighted by molar-refractivity contribution is 7.89. The molecule has 9 nitrogen and oxygen atoms in total. The van der Waals surface area contributed by atoms with Crippen molar-refractivity contribution in [2.24, 2.45) is 5.14 Å². The number of hydrogen-bond donors (Lipinski definition) is 2. The number of aromatic nitrogens is 2. The average molecular weight is 407 g/mol. The van der Waals surface area contributed by atoms with E-state index in [-0.39, 0.29) is 26.4 Å². The molecule has 12 heteroatoms. The van der Waals surface area contributed by atoms with Crippen LogP contribution >= 0.6 is 23.2 Å². The van der Waals surface area contributed by atoms with E-state index in [0.717, 1.165) is 16.9 Å². The predicted octanol–water partition coefficient (Wildman–Crippen LogP) is 0.845. The summed E-state index contributed by atoms with van der Waals surface area (Å²) in [4.78, 5) is 23.6. The molecule has 0 radical (unpaired) electrons. The number of sulfonamides is 1. The van der Waals surface area contributed by atoms with E-state index in [1.54, 1.807) is 0 Å². The van der Waals surface area contributed by atoms with E-state index in [0.29, 0.717) is 0 Å². The summed E-state index contributed by atoms with van der Waals surface area (Å²) in [5.74, 6) is -0.610. The molecule has 134 valence electrons. The number of carbonyl (C=O) groups excluding carboxylic acids is 1. The number of methoxy groups -OCH3 is 1. The Kier molecular flexibility index (Phi) is 5.68. The van der Waals surface area contributed by atoms with Gasteiger partial charge in [-0.3, -0.25) is 9.59 Å². The van der Waals surface area contributed by atoms with Gasteiger partial charge in [0.05, 0.1) is 18.3 Å². The van der Waals surface area contributed by atoms with Crippen LogP contribution in [0.3, 0.4) is 0 Å². The van der Waals surface area contributed by atoms with Gasteiger partial charge in [-0.25, -0.2) is 18.2 Å². The lowest BCUT2D eigenvalue weighted by molar-refractivity contribution is -0.117. The molecule has 0 aliphatic heterocycles. The zero-order valence-corrected chi connectivity index (χ0v) is 15.0. The van der Waals surface area contributed by atoms with Gasteiger partial charge in [-0.15, -0.1) is 0 Å². The van der Waals surface area contributed by atoms with Crippen LogP contribution in [-0.4, -0.2) is 31.2 Å². The fourth-order valence-electron chi connectivity index (χ4n) is 1.87. The number of nitrogens with one attached hydrogen (secondary N) is 1. The minimum atomic E-state index is -4.06. The third-order valence-corrected chi connectivity index (χ3v) is 4.67. The Bertz CT molecular complexity index is 990. The van der Waals surface area contributed by atoms with E-state index in [2.05, 4.69) is 10.4 Å². The van der Waals surface area contributed by atoms with Crippen molar-refractivity contribution in [3.8, 4) is 5.75 Å². The summed E-state index contributed by atoms with van der Waals surface area (Å²) < 4.78 is 28.8. The van der Waals surface area contributed by atoms with Gasteiger partial charge in [0, 0.05) is 5.69 Å². The fourth-order valence-corrected chi connectivity index (χ4v) is 2.86. The molecule has 0 spiro atoms. The number of ether oxygens (including phenoxy) is 1. The van der Waals surface area contributed by atoms with Crippen molar-refractivity contribution < 1.29 is 17.9 Å². The lowest BCUT2D eigenvalue weighted by Gasteiger charge is -2.11. The second-order valence-corrected chi connectivity index (χ2v) is 7.04. The topological polar surface area (TPSA) is 133 Å². The fraction of sp³-hybridized carbons (Fsp3) is 0.154. The average Bonchev–Trinajstić information content (AvgIpc) is 2.54. The van der Waals surface area contributed by atoms with Crippen LogP contribution in [0.5, 0.6) is 5.75 Å². The quantitative estimate of drug-likeness (QED) is 0.755. The van der Waals surface area contributed by atoms with E-state index < -0.39 is 28.0 Å². The number of amides is 1. The molecule has 3 N–H and O–H groups in total. The minimum Gasteiger partial charge on any atom is -0.495 e. The van der Waals surface area contributed by atoms with Crippen molar-refractivity contribution in [2.45, 2.75) is 11.4 Å². The molecule has 0 aliphatic carbocycles. The molecule has 0 fully saturated rings. The Hall–Kier alpha value is -2.14. The van der Waals surface area contributed by atoms with Gasteiger partial charge >= 0.3 is 0 Å². The van der Waals surface area contributed by atoms with E-state index in [1.165, 1.54) is 19.2 Å². The van der Waals surface area contributed by atoms with Gasteiger partial charge in [0.15, 0.2) is 0 Å². The molecule has 1 aromatic heterocycles. The number of nitrogens with two attached hydrogens (primary N) is 1. The zero-order chi connectivity index (χ0) is 18.8. The molecule has 0 saturated carbocycles. The van der Waals surface area contributed by atoms with Gasteiger partial charge in [0.25, 0.3) is 5.56 Å². The molecular formula is C13H12Cl2N4O5S. The van der Waals surface area contributed by atoms with E-state index in [9.17, 15) is 18.0 Å². The van der Waals surface area contributed by atoms with E-state index >= 15 is 0 Å². The van der Waals surface area contributed by atoms with Gasteiger partial charge in [0.2, 0.25) is 15.9 Å². The SMILES string of the molecule is COc1ccc(NC(=O)Cn2ncc(Cl)c(Cl)c2=O)cc1S(N)(=O)=O. The summed E-state index contributed by atoms with van der Waals surface area (Å²) in [5, 5.41) is 10.9. The van der Waals surface area contributed by atoms with Crippen LogP contribution in [-0.2, 0) is 21.4 Å². The van der Waals surface area contributed by atoms with Crippen molar-refractivity contribution >= 4 is 44.8 Å². The first-order valence-electron chi connectivity index (χ1n) is 6.55. The van der Waals surface area contributed by atoms with Gasteiger partial charge in [-0.1, -0.05) is 23.2 Å². The highest BCUT2D eigenvalue weighted by Crippen LogP contribution is 2.26. The molecule has 2 rings (SSSR count). The molecule has 0 saturated heterocycles. The Morgan fingerprint density at radius 3 is 2.68 bits per heavy atom. The van der Waals surface area contributed by atoms with Crippen molar-refractivity contribution in [1.29, 1.82) is 0 Å². The molecule has 0 unspecified atom stereocenters. The predicted molar refractivity (Wildman–Crippen MR) is 91.5 cm³/mol. The highest BCUT2D eigenvalue weighted by Gasteiger charge is 2.17. The first-order chi connectivity index (χ1) is 11.6. The van der Waals surface area contributed by atoms with Gasteiger partial charge in [-0.05, 0) is 18.2 Å². The maximum absolute atomic E-state index is 12.0.